The summed E-state index contributed by atoms with van der Waals surface area (Å²) in [6.07, 6.45) is 6.09. The molecule has 3 aromatic rings. The van der Waals surface area contributed by atoms with Crippen LogP contribution in [0.3, 0.4) is 0 Å². The second-order valence-corrected chi connectivity index (χ2v) is 5.23. The van der Waals surface area contributed by atoms with E-state index in [1.54, 1.807) is 13.3 Å². The van der Waals surface area contributed by atoms with E-state index in [0.29, 0.717) is 5.92 Å². The maximum atomic E-state index is 5.53. The minimum Gasteiger partial charge on any atom is -0.496 e. The fourth-order valence-electron chi connectivity index (χ4n) is 2.97. The van der Waals surface area contributed by atoms with Gasteiger partial charge in [0.05, 0.1) is 12.5 Å². The topological polar surface area (TPSA) is 37.9 Å². The molecule has 108 valence electrons. The molecular weight excluding hydrogens is 260 g/mol. The normalized spacial score (nSPS) is 12.5. The zero-order valence-corrected chi connectivity index (χ0v) is 12.5. The SMILES string of the molecule is CCCC(c1ccccc1)c1c[nH]c2nccc(OC)c12. The molecule has 3 nitrogen and oxygen atoms in total. The first-order valence-corrected chi connectivity index (χ1v) is 7.40. The number of benzene rings is 1. The molecule has 2 heterocycles. The van der Waals surface area contributed by atoms with Gasteiger partial charge in [-0.2, -0.15) is 0 Å². The minimum atomic E-state index is 0.364. The molecule has 0 bridgehead atoms. The van der Waals surface area contributed by atoms with Crippen molar-refractivity contribution in [3.8, 4) is 5.75 Å². The molecule has 3 heteroatoms. The Morgan fingerprint density at radius 3 is 2.71 bits per heavy atom. The summed E-state index contributed by atoms with van der Waals surface area (Å²) in [5.41, 5.74) is 3.50. The smallest absolute Gasteiger partial charge is 0.141 e. The molecular formula is C18H20N2O. The standard InChI is InChI=1S/C18H20N2O/c1-3-7-14(13-8-5-4-6-9-13)15-12-20-18-17(15)16(21-2)10-11-19-18/h4-6,8-12,14H,3,7H2,1-2H3,(H,19,20). The Morgan fingerprint density at radius 2 is 2.00 bits per heavy atom. The molecule has 0 fully saturated rings. The first-order chi connectivity index (χ1) is 10.3. The number of rotatable bonds is 5. The van der Waals surface area contributed by atoms with Gasteiger partial charge in [0.25, 0.3) is 0 Å². The molecule has 0 radical (unpaired) electrons. The predicted octanol–water partition coefficient (Wildman–Crippen LogP) is 4.50. The van der Waals surface area contributed by atoms with Crippen molar-refractivity contribution in [3.05, 3.63) is 59.9 Å². The molecule has 0 aliphatic carbocycles. The van der Waals surface area contributed by atoms with Gasteiger partial charge in [-0.25, -0.2) is 4.98 Å². The predicted molar refractivity (Wildman–Crippen MR) is 85.8 cm³/mol. The average molecular weight is 280 g/mol. The highest BCUT2D eigenvalue weighted by Crippen LogP contribution is 2.37. The largest absolute Gasteiger partial charge is 0.496 e. The maximum Gasteiger partial charge on any atom is 0.141 e. The first-order valence-electron chi connectivity index (χ1n) is 7.40. The van der Waals surface area contributed by atoms with E-state index in [1.807, 2.05) is 6.07 Å². The summed E-state index contributed by atoms with van der Waals surface area (Å²) in [6.45, 7) is 2.22. The van der Waals surface area contributed by atoms with Gasteiger partial charge in [0.2, 0.25) is 0 Å². The molecule has 1 N–H and O–H groups in total. The number of H-pyrrole nitrogens is 1. The lowest BCUT2D eigenvalue weighted by atomic mass is 9.87. The molecule has 1 unspecified atom stereocenters. The summed E-state index contributed by atoms with van der Waals surface area (Å²) in [4.78, 5) is 7.69. The van der Waals surface area contributed by atoms with E-state index in [4.69, 9.17) is 4.74 Å². The molecule has 3 rings (SSSR count). The summed E-state index contributed by atoms with van der Waals surface area (Å²) in [5.74, 6) is 1.25. The monoisotopic (exact) mass is 280 g/mol. The van der Waals surface area contributed by atoms with Crippen molar-refractivity contribution < 1.29 is 4.74 Å². The third-order valence-corrected chi connectivity index (χ3v) is 3.94. The third kappa shape index (κ3) is 2.51. The van der Waals surface area contributed by atoms with E-state index >= 15 is 0 Å². The quantitative estimate of drug-likeness (QED) is 0.747. The van der Waals surface area contributed by atoms with E-state index in [9.17, 15) is 0 Å². The number of pyridine rings is 1. The molecule has 0 aliphatic rings. The van der Waals surface area contributed by atoms with E-state index in [0.717, 1.165) is 29.6 Å². The highest BCUT2D eigenvalue weighted by atomic mass is 16.5. The van der Waals surface area contributed by atoms with Gasteiger partial charge < -0.3 is 9.72 Å². The molecule has 21 heavy (non-hydrogen) atoms. The summed E-state index contributed by atoms with van der Waals surface area (Å²) in [6, 6.07) is 12.6. The number of nitrogens with zero attached hydrogens (tertiary/aromatic N) is 1. The Morgan fingerprint density at radius 1 is 1.19 bits per heavy atom. The van der Waals surface area contributed by atoms with Crippen LogP contribution in [-0.2, 0) is 0 Å². The van der Waals surface area contributed by atoms with Gasteiger partial charge in [0, 0.05) is 18.3 Å². The van der Waals surface area contributed by atoms with Crippen molar-refractivity contribution in [2.45, 2.75) is 25.7 Å². The van der Waals surface area contributed by atoms with E-state index in [1.165, 1.54) is 11.1 Å². The lowest BCUT2D eigenvalue weighted by Crippen LogP contribution is -2.00. The number of nitrogens with one attached hydrogen (secondary N) is 1. The van der Waals surface area contributed by atoms with Crippen molar-refractivity contribution in [2.75, 3.05) is 7.11 Å². The van der Waals surface area contributed by atoms with Crippen LogP contribution >= 0.6 is 0 Å². The van der Waals surface area contributed by atoms with Crippen molar-refractivity contribution in [2.24, 2.45) is 0 Å². The Balaban J connectivity index is 2.16. The first kappa shape index (κ1) is 13.7. The molecule has 2 aromatic heterocycles. The lowest BCUT2D eigenvalue weighted by Gasteiger charge is -2.17. The van der Waals surface area contributed by atoms with Gasteiger partial charge >= 0.3 is 0 Å². The van der Waals surface area contributed by atoms with Gasteiger partial charge in [-0.1, -0.05) is 43.7 Å². The number of aromatic nitrogens is 2. The minimum absolute atomic E-state index is 0.364. The fraction of sp³-hybridized carbons (Fsp3) is 0.278. The van der Waals surface area contributed by atoms with Gasteiger partial charge in [-0.15, -0.1) is 0 Å². The Kier molecular flexibility index (Phi) is 3.91. The van der Waals surface area contributed by atoms with E-state index in [-0.39, 0.29) is 0 Å². The van der Waals surface area contributed by atoms with Crippen LogP contribution in [0.4, 0.5) is 0 Å². The van der Waals surface area contributed by atoms with Crippen LogP contribution in [0, 0.1) is 0 Å². The van der Waals surface area contributed by atoms with E-state index in [2.05, 4.69) is 53.4 Å². The number of hydrogen-bond donors (Lipinski definition) is 1. The number of methoxy groups -OCH3 is 1. The van der Waals surface area contributed by atoms with Gasteiger partial charge in [-0.3, -0.25) is 0 Å². The molecule has 0 amide bonds. The third-order valence-electron chi connectivity index (χ3n) is 3.94. The number of hydrogen-bond acceptors (Lipinski definition) is 2. The summed E-state index contributed by atoms with van der Waals surface area (Å²) in [7, 11) is 1.71. The summed E-state index contributed by atoms with van der Waals surface area (Å²) in [5, 5.41) is 1.10. The average Bonchev–Trinajstić information content (AvgIpc) is 2.97. The Bertz CT molecular complexity index is 718. The van der Waals surface area contributed by atoms with Crippen LogP contribution in [0.1, 0.15) is 36.8 Å². The number of ether oxygens (including phenoxy) is 1. The van der Waals surface area contributed by atoms with Crippen LogP contribution in [-0.4, -0.2) is 17.1 Å². The molecule has 0 saturated carbocycles. The molecule has 1 aromatic carbocycles. The lowest BCUT2D eigenvalue weighted by molar-refractivity contribution is 0.419. The van der Waals surface area contributed by atoms with Crippen molar-refractivity contribution in [1.29, 1.82) is 0 Å². The van der Waals surface area contributed by atoms with Crippen LogP contribution in [0.15, 0.2) is 48.8 Å². The van der Waals surface area contributed by atoms with Crippen LogP contribution in [0.5, 0.6) is 5.75 Å². The molecule has 0 spiro atoms. The fourth-order valence-corrected chi connectivity index (χ4v) is 2.97. The zero-order chi connectivity index (χ0) is 14.7. The summed E-state index contributed by atoms with van der Waals surface area (Å²) < 4.78 is 5.53. The highest BCUT2D eigenvalue weighted by molar-refractivity contribution is 5.87. The van der Waals surface area contributed by atoms with Crippen molar-refractivity contribution >= 4 is 11.0 Å². The van der Waals surface area contributed by atoms with Gasteiger partial charge in [0.15, 0.2) is 0 Å². The highest BCUT2D eigenvalue weighted by Gasteiger charge is 2.20. The van der Waals surface area contributed by atoms with Crippen LogP contribution < -0.4 is 4.74 Å². The number of aromatic amines is 1. The number of fused-ring (bicyclic) bond motifs is 1. The van der Waals surface area contributed by atoms with Crippen LogP contribution in [0.25, 0.3) is 11.0 Å². The molecule has 0 aliphatic heterocycles. The second kappa shape index (κ2) is 6.00. The maximum absolute atomic E-state index is 5.53. The van der Waals surface area contributed by atoms with Crippen LogP contribution in [0.2, 0.25) is 0 Å². The molecule has 1 atom stereocenters. The zero-order valence-electron chi connectivity index (χ0n) is 12.5. The van der Waals surface area contributed by atoms with Gasteiger partial charge in [0.1, 0.15) is 11.4 Å². The molecule has 0 saturated heterocycles. The van der Waals surface area contributed by atoms with Crippen molar-refractivity contribution in [1.82, 2.24) is 9.97 Å². The van der Waals surface area contributed by atoms with Crippen molar-refractivity contribution in [3.63, 3.8) is 0 Å². The van der Waals surface area contributed by atoms with Gasteiger partial charge in [-0.05, 0) is 23.6 Å². The Labute approximate surface area is 125 Å². The Hall–Kier alpha value is -2.29. The van der Waals surface area contributed by atoms with E-state index < -0.39 is 0 Å². The second-order valence-electron chi connectivity index (χ2n) is 5.23. The summed E-state index contributed by atoms with van der Waals surface area (Å²) >= 11 is 0.